The van der Waals surface area contributed by atoms with Gasteiger partial charge in [-0.15, -0.1) is 0 Å². The Bertz CT molecular complexity index is 479. The van der Waals surface area contributed by atoms with Crippen LogP contribution in [0.15, 0.2) is 21.6 Å². The van der Waals surface area contributed by atoms with E-state index < -0.39 is 20.8 Å². The van der Waals surface area contributed by atoms with E-state index in [0.717, 1.165) is 0 Å². The Balaban J connectivity index is 2.59. The molecular weight excluding hydrogens is 266 g/mol. The Kier molecular flexibility index (Phi) is 5.31. The smallest absolute Gasteiger partial charge is 0.273 e. The van der Waals surface area contributed by atoms with Gasteiger partial charge in [-0.25, -0.2) is 13.1 Å². The zero-order valence-electron chi connectivity index (χ0n) is 9.38. The first-order valence-corrected chi connectivity index (χ1v) is 8.01. The molecule has 0 fully saturated rings. The molecule has 0 bridgehead atoms. The van der Waals surface area contributed by atoms with E-state index in [9.17, 15) is 12.6 Å². The lowest BCUT2D eigenvalue weighted by Gasteiger charge is -2.03. The van der Waals surface area contributed by atoms with Gasteiger partial charge in [0.2, 0.25) is 5.09 Å². The number of nitrogens with one attached hydrogen (secondary N) is 1. The Hall–Kier alpha value is -0.700. The lowest BCUT2D eigenvalue weighted by atomic mass is 10.5. The minimum atomic E-state index is -3.72. The van der Waals surface area contributed by atoms with Crippen LogP contribution in [0, 0.1) is 0 Å². The van der Waals surface area contributed by atoms with Crippen LogP contribution in [-0.2, 0) is 27.4 Å². The summed E-state index contributed by atoms with van der Waals surface area (Å²) in [5, 5.41) is 8.50. The monoisotopic (exact) mass is 281 g/mol. The van der Waals surface area contributed by atoms with Gasteiger partial charge in [-0.05, 0) is 12.1 Å². The molecule has 0 saturated carbocycles. The predicted octanol–water partition coefficient (Wildman–Crippen LogP) is -0.181. The molecule has 1 unspecified atom stereocenters. The standard InChI is InChI=1S/C9H15NO5S2/c1-2-16(12)6-5-10-17(13,14)9-4-3-8(7-11)15-9/h3-4,10-11H,2,5-7H2,1H3. The van der Waals surface area contributed by atoms with Gasteiger partial charge >= 0.3 is 0 Å². The summed E-state index contributed by atoms with van der Waals surface area (Å²) in [6.45, 7) is 1.51. The second-order valence-electron chi connectivity index (χ2n) is 3.21. The van der Waals surface area contributed by atoms with Gasteiger partial charge in [-0.3, -0.25) is 4.21 Å². The van der Waals surface area contributed by atoms with Crippen LogP contribution in [0.2, 0.25) is 0 Å². The molecule has 6 nitrogen and oxygen atoms in total. The molecule has 0 aromatic carbocycles. The highest BCUT2D eigenvalue weighted by molar-refractivity contribution is 7.89. The molecule has 0 aliphatic rings. The maximum atomic E-state index is 11.6. The summed E-state index contributed by atoms with van der Waals surface area (Å²) in [7, 11) is -4.73. The van der Waals surface area contributed by atoms with E-state index in [1.807, 2.05) is 0 Å². The minimum absolute atomic E-state index is 0.0952. The number of aliphatic hydroxyl groups excluding tert-OH is 1. The molecule has 1 atom stereocenters. The summed E-state index contributed by atoms with van der Waals surface area (Å²) in [4.78, 5) is 0. The van der Waals surface area contributed by atoms with Crippen molar-refractivity contribution in [3.8, 4) is 0 Å². The van der Waals surface area contributed by atoms with Crippen molar-refractivity contribution < 1.29 is 22.2 Å². The first-order chi connectivity index (χ1) is 7.99. The fourth-order valence-electron chi connectivity index (χ4n) is 1.09. The van der Waals surface area contributed by atoms with Crippen molar-refractivity contribution >= 4 is 20.8 Å². The van der Waals surface area contributed by atoms with E-state index in [2.05, 4.69) is 4.72 Å². The third-order valence-electron chi connectivity index (χ3n) is 2.00. The second kappa shape index (κ2) is 6.29. The number of sulfonamides is 1. The molecule has 17 heavy (non-hydrogen) atoms. The van der Waals surface area contributed by atoms with Crippen molar-refractivity contribution in [3.63, 3.8) is 0 Å². The normalized spacial score (nSPS) is 13.8. The van der Waals surface area contributed by atoms with Gasteiger partial charge in [-0.2, -0.15) is 0 Å². The van der Waals surface area contributed by atoms with Gasteiger partial charge in [0.25, 0.3) is 10.0 Å². The zero-order valence-corrected chi connectivity index (χ0v) is 11.0. The number of furan rings is 1. The molecule has 1 rings (SSSR count). The number of hydrogen-bond donors (Lipinski definition) is 2. The lowest BCUT2D eigenvalue weighted by Crippen LogP contribution is -2.27. The molecule has 0 amide bonds. The quantitative estimate of drug-likeness (QED) is 0.722. The predicted molar refractivity (Wildman–Crippen MR) is 63.4 cm³/mol. The van der Waals surface area contributed by atoms with Crippen molar-refractivity contribution in [2.45, 2.75) is 18.6 Å². The zero-order chi connectivity index (χ0) is 12.9. The molecule has 2 N–H and O–H groups in total. The van der Waals surface area contributed by atoms with Crippen molar-refractivity contribution in [2.24, 2.45) is 0 Å². The van der Waals surface area contributed by atoms with Crippen LogP contribution in [0.3, 0.4) is 0 Å². The topological polar surface area (TPSA) is 96.6 Å². The van der Waals surface area contributed by atoms with Crippen molar-refractivity contribution in [1.82, 2.24) is 4.72 Å². The summed E-state index contributed by atoms with van der Waals surface area (Å²) in [6.07, 6.45) is 0. The minimum Gasteiger partial charge on any atom is -0.446 e. The van der Waals surface area contributed by atoms with Crippen LogP contribution in [0.5, 0.6) is 0 Å². The Morgan fingerprint density at radius 2 is 2.18 bits per heavy atom. The summed E-state index contributed by atoms with van der Waals surface area (Å²) in [5.41, 5.74) is 0. The van der Waals surface area contributed by atoms with Crippen molar-refractivity contribution in [1.29, 1.82) is 0 Å². The molecule has 0 aliphatic heterocycles. The van der Waals surface area contributed by atoms with Gasteiger partial charge in [0.1, 0.15) is 12.4 Å². The van der Waals surface area contributed by atoms with Gasteiger partial charge in [0, 0.05) is 28.9 Å². The van der Waals surface area contributed by atoms with E-state index in [4.69, 9.17) is 9.52 Å². The first-order valence-electron chi connectivity index (χ1n) is 5.03. The largest absolute Gasteiger partial charge is 0.446 e. The summed E-state index contributed by atoms with van der Waals surface area (Å²) in [6, 6.07) is 2.66. The van der Waals surface area contributed by atoms with Crippen LogP contribution in [0.4, 0.5) is 0 Å². The van der Waals surface area contributed by atoms with E-state index in [0.29, 0.717) is 5.75 Å². The van der Waals surface area contributed by atoms with Crippen molar-refractivity contribution in [3.05, 3.63) is 17.9 Å². The number of aliphatic hydroxyl groups is 1. The molecule has 1 heterocycles. The molecule has 0 aliphatic carbocycles. The SMILES string of the molecule is CCS(=O)CCNS(=O)(=O)c1ccc(CO)o1. The average Bonchev–Trinajstić information content (AvgIpc) is 2.77. The molecule has 0 saturated heterocycles. The lowest BCUT2D eigenvalue weighted by molar-refractivity contribution is 0.236. The second-order valence-corrected chi connectivity index (χ2v) is 6.77. The highest BCUT2D eigenvalue weighted by Crippen LogP contribution is 2.13. The van der Waals surface area contributed by atoms with Crippen LogP contribution in [-0.4, -0.2) is 35.8 Å². The summed E-state index contributed by atoms with van der Waals surface area (Å²) in [5.74, 6) is 0.947. The first kappa shape index (κ1) is 14.4. The molecule has 0 spiro atoms. The van der Waals surface area contributed by atoms with Crippen LogP contribution in [0.25, 0.3) is 0 Å². The van der Waals surface area contributed by atoms with Crippen molar-refractivity contribution in [2.75, 3.05) is 18.1 Å². The summed E-state index contributed by atoms with van der Waals surface area (Å²) >= 11 is 0. The summed E-state index contributed by atoms with van der Waals surface area (Å²) < 4.78 is 41.6. The maximum absolute atomic E-state index is 11.6. The van der Waals surface area contributed by atoms with Crippen LogP contribution < -0.4 is 4.72 Å². The highest BCUT2D eigenvalue weighted by atomic mass is 32.2. The fraction of sp³-hybridized carbons (Fsp3) is 0.556. The van der Waals surface area contributed by atoms with E-state index in [1.54, 1.807) is 6.92 Å². The van der Waals surface area contributed by atoms with E-state index >= 15 is 0 Å². The molecule has 1 aromatic rings. The number of hydrogen-bond acceptors (Lipinski definition) is 5. The maximum Gasteiger partial charge on any atom is 0.273 e. The molecular formula is C9H15NO5S2. The highest BCUT2D eigenvalue weighted by Gasteiger charge is 2.18. The van der Waals surface area contributed by atoms with Gasteiger partial charge < -0.3 is 9.52 Å². The van der Waals surface area contributed by atoms with E-state index in [1.165, 1.54) is 12.1 Å². The van der Waals surface area contributed by atoms with Gasteiger partial charge in [-0.1, -0.05) is 6.92 Å². The third kappa shape index (κ3) is 4.23. The van der Waals surface area contributed by atoms with Crippen LogP contribution in [0.1, 0.15) is 12.7 Å². The van der Waals surface area contributed by atoms with Gasteiger partial charge in [0.05, 0.1) is 0 Å². The Morgan fingerprint density at radius 3 is 2.71 bits per heavy atom. The van der Waals surface area contributed by atoms with Gasteiger partial charge in [0.15, 0.2) is 0 Å². The molecule has 8 heteroatoms. The average molecular weight is 281 g/mol. The Labute approximate surface area is 103 Å². The number of rotatable bonds is 7. The molecule has 0 radical (unpaired) electrons. The van der Waals surface area contributed by atoms with Crippen LogP contribution >= 0.6 is 0 Å². The molecule has 98 valence electrons. The fourth-order valence-corrected chi connectivity index (χ4v) is 2.82. The molecule has 1 aromatic heterocycles. The Morgan fingerprint density at radius 1 is 1.47 bits per heavy atom. The van der Waals surface area contributed by atoms with E-state index in [-0.39, 0.29) is 29.8 Å². The third-order valence-corrected chi connectivity index (χ3v) is 4.64.